The van der Waals surface area contributed by atoms with Crippen molar-refractivity contribution in [1.82, 2.24) is 30.1 Å². The van der Waals surface area contributed by atoms with Crippen LogP contribution in [0.5, 0.6) is 11.5 Å². The standard InChI is InChI=1S/C21H22N6O5/c28-4-3-26(13-20-23-24-25-27(20)12-16-2-1-5-30-16)11-15-8-14-9-18-19(32-7-6-31-18)10-17(14)22-21(15)29/h1-2,5,8-10,28H,3-4,6-7,11-13H2,(H,22,29). The number of fused-ring (bicyclic) bond motifs is 2. The van der Waals surface area contributed by atoms with Crippen molar-refractivity contribution < 1.29 is 19.0 Å². The number of benzene rings is 1. The Kier molecular flexibility index (Phi) is 5.57. The third-order valence-electron chi connectivity index (χ3n) is 5.25. The number of H-pyrrole nitrogens is 1. The van der Waals surface area contributed by atoms with E-state index < -0.39 is 0 Å². The minimum atomic E-state index is -0.202. The van der Waals surface area contributed by atoms with Crippen LogP contribution in [-0.4, -0.2) is 61.6 Å². The molecule has 2 N–H and O–H groups in total. The van der Waals surface area contributed by atoms with Crippen molar-refractivity contribution in [3.8, 4) is 11.5 Å². The molecule has 1 aliphatic heterocycles. The molecule has 0 unspecified atom stereocenters. The lowest BCUT2D eigenvalue weighted by Crippen LogP contribution is -2.30. The average Bonchev–Trinajstić information content (AvgIpc) is 3.46. The number of furan rings is 1. The number of aromatic nitrogens is 5. The summed E-state index contributed by atoms with van der Waals surface area (Å²) in [6.07, 6.45) is 1.59. The van der Waals surface area contributed by atoms with E-state index in [2.05, 4.69) is 20.5 Å². The monoisotopic (exact) mass is 438 g/mol. The molecule has 3 aromatic heterocycles. The van der Waals surface area contributed by atoms with Crippen molar-refractivity contribution in [2.24, 2.45) is 0 Å². The van der Waals surface area contributed by atoms with Crippen LogP contribution in [0.4, 0.5) is 0 Å². The fraction of sp³-hybridized carbons (Fsp3) is 0.333. The molecule has 4 heterocycles. The molecule has 11 nitrogen and oxygen atoms in total. The van der Waals surface area contributed by atoms with E-state index in [-0.39, 0.29) is 12.2 Å². The number of hydrogen-bond acceptors (Lipinski definition) is 9. The van der Waals surface area contributed by atoms with Crippen LogP contribution in [0.15, 0.2) is 45.8 Å². The average molecular weight is 438 g/mol. The summed E-state index contributed by atoms with van der Waals surface area (Å²) in [5.74, 6) is 2.61. The highest BCUT2D eigenvalue weighted by molar-refractivity contribution is 5.83. The van der Waals surface area contributed by atoms with Gasteiger partial charge in [0.15, 0.2) is 17.3 Å². The molecule has 11 heteroatoms. The van der Waals surface area contributed by atoms with E-state index in [1.54, 1.807) is 23.1 Å². The molecule has 0 aliphatic carbocycles. The number of ether oxygens (including phenoxy) is 2. The second-order valence-corrected chi connectivity index (χ2v) is 7.47. The van der Waals surface area contributed by atoms with Gasteiger partial charge in [0.05, 0.1) is 24.9 Å². The molecule has 4 aromatic rings. The van der Waals surface area contributed by atoms with E-state index in [1.807, 2.05) is 23.1 Å². The molecule has 0 saturated heterocycles. The Bertz CT molecular complexity index is 1270. The molecule has 0 radical (unpaired) electrons. The zero-order chi connectivity index (χ0) is 21.9. The van der Waals surface area contributed by atoms with Crippen molar-refractivity contribution in [3.63, 3.8) is 0 Å². The molecular weight excluding hydrogens is 416 g/mol. The molecule has 166 valence electrons. The summed E-state index contributed by atoms with van der Waals surface area (Å²) in [4.78, 5) is 17.6. The number of rotatable bonds is 8. The normalized spacial score (nSPS) is 13.2. The van der Waals surface area contributed by atoms with Gasteiger partial charge >= 0.3 is 0 Å². The van der Waals surface area contributed by atoms with Crippen LogP contribution in [0, 0.1) is 0 Å². The van der Waals surface area contributed by atoms with Crippen molar-refractivity contribution in [2.75, 3.05) is 26.4 Å². The number of pyridine rings is 1. The van der Waals surface area contributed by atoms with Gasteiger partial charge in [0.2, 0.25) is 0 Å². The van der Waals surface area contributed by atoms with E-state index in [4.69, 9.17) is 13.9 Å². The van der Waals surface area contributed by atoms with Gasteiger partial charge in [-0.1, -0.05) is 0 Å². The molecule has 32 heavy (non-hydrogen) atoms. The SMILES string of the molecule is O=c1[nH]c2cc3c(cc2cc1CN(CCO)Cc1nnnn1Cc1ccco1)OCCO3. The third kappa shape index (κ3) is 4.20. The second kappa shape index (κ2) is 8.81. The Labute approximate surface area is 182 Å². The van der Waals surface area contributed by atoms with Gasteiger partial charge < -0.3 is 24.0 Å². The quantitative estimate of drug-likeness (QED) is 0.412. The minimum absolute atomic E-state index is 0.0656. The van der Waals surface area contributed by atoms with E-state index >= 15 is 0 Å². The Hall–Kier alpha value is -3.70. The molecule has 0 atom stereocenters. The van der Waals surface area contributed by atoms with Crippen molar-refractivity contribution in [1.29, 1.82) is 0 Å². The highest BCUT2D eigenvalue weighted by Gasteiger charge is 2.17. The van der Waals surface area contributed by atoms with Crippen LogP contribution >= 0.6 is 0 Å². The van der Waals surface area contributed by atoms with Gasteiger partial charge in [-0.15, -0.1) is 5.10 Å². The maximum atomic E-state index is 12.7. The highest BCUT2D eigenvalue weighted by Crippen LogP contribution is 2.33. The van der Waals surface area contributed by atoms with Crippen LogP contribution < -0.4 is 15.0 Å². The number of nitrogens with zero attached hydrogens (tertiary/aromatic N) is 5. The molecule has 0 spiro atoms. The van der Waals surface area contributed by atoms with Gasteiger partial charge in [0.25, 0.3) is 5.56 Å². The van der Waals surface area contributed by atoms with Crippen LogP contribution in [0.3, 0.4) is 0 Å². The minimum Gasteiger partial charge on any atom is -0.486 e. The molecule has 0 bridgehead atoms. The smallest absolute Gasteiger partial charge is 0.252 e. The lowest BCUT2D eigenvalue weighted by molar-refractivity contribution is 0.172. The van der Waals surface area contributed by atoms with Gasteiger partial charge in [0.1, 0.15) is 25.5 Å². The molecule has 1 aliphatic rings. The fourth-order valence-electron chi connectivity index (χ4n) is 3.71. The lowest BCUT2D eigenvalue weighted by Gasteiger charge is -2.21. The lowest BCUT2D eigenvalue weighted by atomic mass is 10.1. The van der Waals surface area contributed by atoms with E-state index in [1.165, 1.54) is 0 Å². The predicted molar refractivity (Wildman–Crippen MR) is 112 cm³/mol. The number of aliphatic hydroxyl groups excluding tert-OH is 1. The molecule has 0 amide bonds. The van der Waals surface area contributed by atoms with Gasteiger partial charge in [-0.25, -0.2) is 4.68 Å². The van der Waals surface area contributed by atoms with Crippen LogP contribution in [0.1, 0.15) is 17.1 Å². The number of hydrogen-bond donors (Lipinski definition) is 2. The van der Waals surface area contributed by atoms with Crippen molar-refractivity contribution >= 4 is 10.9 Å². The zero-order valence-corrected chi connectivity index (χ0v) is 17.2. The first-order valence-corrected chi connectivity index (χ1v) is 10.3. The molecule has 0 saturated carbocycles. The van der Waals surface area contributed by atoms with Crippen molar-refractivity contribution in [3.05, 3.63) is 64.1 Å². The topological polar surface area (TPSA) is 132 Å². The number of nitrogens with one attached hydrogen (secondary N) is 1. The summed E-state index contributed by atoms with van der Waals surface area (Å²) in [7, 11) is 0. The van der Waals surface area contributed by atoms with Gasteiger partial charge in [-0.2, -0.15) is 0 Å². The summed E-state index contributed by atoms with van der Waals surface area (Å²) in [5, 5.41) is 22.3. The first-order chi connectivity index (χ1) is 15.7. The number of tetrazole rings is 1. The number of aliphatic hydroxyl groups is 1. The molecule has 1 aromatic carbocycles. The van der Waals surface area contributed by atoms with Crippen LogP contribution in [0.2, 0.25) is 0 Å². The molecular formula is C21H22N6O5. The maximum Gasteiger partial charge on any atom is 0.252 e. The first-order valence-electron chi connectivity index (χ1n) is 10.3. The van der Waals surface area contributed by atoms with Crippen molar-refractivity contribution in [2.45, 2.75) is 19.6 Å². The van der Waals surface area contributed by atoms with Gasteiger partial charge in [-0.3, -0.25) is 9.69 Å². The Morgan fingerprint density at radius 2 is 2.00 bits per heavy atom. The summed E-state index contributed by atoms with van der Waals surface area (Å²) in [5.41, 5.74) is 1.04. The summed E-state index contributed by atoms with van der Waals surface area (Å²) >= 11 is 0. The highest BCUT2D eigenvalue weighted by atomic mass is 16.6. The Morgan fingerprint density at radius 3 is 2.78 bits per heavy atom. The summed E-state index contributed by atoms with van der Waals surface area (Å²) in [6.45, 7) is 2.32. The van der Waals surface area contributed by atoms with E-state index in [9.17, 15) is 9.90 Å². The number of aromatic amines is 1. The van der Waals surface area contributed by atoms with Gasteiger partial charge in [0, 0.05) is 30.1 Å². The Balaban J connectivity index is 1.39. The largest absolute Gasteiger partial charge is 0.486 e. The third-order valence-corrected chi connectivity index (χ3v) is 5.25. The fourth-order valence-corrected chi connectivity index (χ4v) is 3.71. The van der Waals surface area contributed by atoms with Crippen LogP contribution in [0.25, 0.3) is 10.9 Å². The second-order valence-electron chi connectivity index (χ2n) is 7.47. The molecule has 5 rings (SSSR count). The first kappa shape index (κ1) is 20.2. The van der Waals surface area contributed by atoms with Gasteiger partial charge in [-0.05, 0) is 34.7 Å². The Morgan fingerprint density at radius 1 is 1.16 bits per heavy atom. The van der Waals surface area contributed by atoms with E-state index in [0.29, 0.717) is 67.8 Å². The van der Waals surface area contributed by atoms with E-state index in [0.717, 1.165) is 11.1 Å². The molecule has 0 fully saturated rings. The summed E-state index contributed by atoms with van der Waals surface area (Å²) in [6, 6.07) is 9.13. The zero-order valence-electron chi connectivity index (χ0n) is 17.2. The maximum absolute atomic E-state index is 12.7. The predicted octanol–water partition coefficient (Wildman–Crippen LogP) is 0.922. The summed E-state index contributed by atoms with van der Waals surface area (Å²) < 4.78 is 18.3. The van der Waals surface area contributed by atoms with Crippen LogP contribution in [-0.2, 0) is 19.6 Å².